The highest BCUT2D eigenvalue weighted by Crippen LogP contribution is 2.24. The average Bonchev–Trinajstić information content (AvgIpc) is 2.25. The molecule has 0 saturated heterocycles. The largest absolute Gasteiger partial charge is 0.468 e. The zero-order valence-corrected chi connectivity index (χ0v) is 10.2. The quantitative estimate of drug-likeness (QED) is 0.592. The van der Waals surface area contributed by atoms with Gasteiger partial charge in [0.25, 0.3) is 0 Å². The van der Waals surface area contributed by atoms with Crippen LogP contribution in [0.2, 0.25) is 0 Å². The predicted molar refractivity (Wildman–Crippen MR) is 61.2 cm³/mol. The molecule has 0 aromatic carbocycles. The van der Waals surface area contributed by atoms with Crippen LogP contribution in [0.1, 0.15) is 17.0 Å². The predicted octanol–water partition coefficient (Wildman–Crippen LogP) is 1.84. The van der Waals surface area contributed by atoms with Gasteiger partial charge in [0, 0.05) is 10.6 Å². The fourth-order valence-electron chi connectivity index (χ4n) is 1.24. The number of carbonyl (C=O) groups excluding carboxylic acids is 1. The Morgan fingerprint density at radius 1 is 1.62 bits per heavy atom. The molecule has 0 bridgehead atoms. The van der Waals surface area contributed by atoms with Gasteiger partial charge < -0.3 is 4.74 Å². The fraction of sp³-hybridized carbons (Fsp3) is 0.364. The van der Waals surface area contributed by atoms with Crippen LogP contribution in [-0.2, 0) is 9.53 Å². The maximum Gasteiger partial charge on any atom is 0.315 e. The number of aromatic nitrogens is 1. The second-order valence-electron chi connectivity index (χ2n) is 3.20. The zero-order chi connectivity index (χ0) is 12.1. The number of esters is 1. The molecule has 0 fully saturated rings. The second kappa shape index (κ2) is 5.52. The van der Waals surface area contributed by atoms with Crippen LogP contribution in [0.15, 0.2) is 11.0 Å². The van der Waals surface area contributed by atoms with E-state index in [1.54, 1.807) is 13.0 Å². The van der Waals surface area contributed by atoms with Gasteiger partial charge in [0.2, 0.25) is 0 Å². The lowest BCUT2D eigenvalue weighted by atomic mass is 10.2. The first kappa shape index (κ1) is 12.5. The number of ether oxygens (including phenoxy) is 1. The van der Waals surface area contributed by atoms with E-state index in [1.165, 1.54) is 18.9 Å². The van der Waals surface area contributed by atoms with E-state index in [0.29, 0.717) is 11.3 Å². The Hall–Kier alpha value is -1.54. The van der Waals surface area contributed by atoms with Gasteiger partial charge in [-0.2, -0.15) is 5.26 Å². The van der Waals surface area contributed by atoms with Crippen molar-refractivity contribution in [3.8, 4) is 6.07 Å². The lowest BCUT2D eigenvalue weighted by molar-refractivity contribution is -0.137. The molecule has 0 radical (unpaired) electrons. The Labute approximate surface area is 98.6 Å². The lowest BCUT2D eigenvalue weighted by Gasteiger charge is -2.06. The normalized spacial score (nSPS) is 9.62. The SMILES string of the molecule is COC(=O)CSc1cc(C)nc(C)c1C#N. The summed E-state index contributed by atoms with van der Waals surface area (Å²) in [5.74, 6) is -0.102. The van der Waals surface area contributed by atoms with Gasteiger partial charge in [0.1, 0.15) is 6.07 Å². The summed E-state index contributed by atoms with van der Waals surface area (Å²) in [5.41, 5.74) is 2.05. The van der Waals surface area contributed by atoms with E-state index in [4.69, 9.17) is 5.26 Å². The van der Waals surface area contributed by atoms with Gasteiger partial charge in [0.05, 0.1) is 24.1 Å². The smallest absolute Gasteiger partial charge is 0.315 e. The minimum atomic E-state index is -0.305. The van der Waals surface area contributed by atoms with Crippen molar-refractivity contribution < 1.29 is 9.53 Å². The maximum absolute atomic E-state index is 11.0. The van der Waals surface area contributed by atoms with E-state index in [9.17, 15) is 4.79 Å². The van der Waals surface area contributed by atoms with Crippen LogP contribution in [0, 0.1) is 25.2 Å². The number of aryl methyl sites for hydroxylation is 2. The van der Waals surface area contributed by atoms with Crippen LogP contribution in [0.4, 0.5) is 0 Å². The van der Waals surface area contributed by atoms with Crippen LogP contribution in [0.5, 0.6) is 0 Å². The highest BCUT2D eigenvalue weighted by atomic mass is 32.2. The van der Waals surface area contributed by atoms with Crippen molar-refractivity contribution in [1.29, 1.82) is 5.26 Å². The number of thioether (sulfide) groups is 1. The summed E-state index contributed by atoms with van der Waals surface area (Å²) in [6.45, 7) is 3.64. The molecule has 0 spiro atoms. The Morgan fingerprint density at radius 2 is 2.31 bits per heavy atom. The van der Waals surface area contributed by atoms with Crippen molar-refractivity contribution in [2.45, 2.75) is 18.7 Å². The van der Waals surface area contributed by atoms with Crippen molar-refractivity contribution in [2.75, 3.05) is 12.9 Å². The topological polar surface area (TPSA) is 63.0 Å². The van der Waals surface area contributed by atoms with Crippen molar-refractivity contribution in [3.05, 3.63) is 23.0 Å². The van der Waals surface area contributed by atoms with Crippen LogP contribution >= 0.6 is 11.8 Å². The molecule has 0 unspecified atom stereocenters. The van der Waals surface area contributed by atoms with Gasteiger partial charge in [-0.1, -0.05) is 0 Å². The number of rotatable bonds is 3. The van der Waals surface area contributed by atoms with E-state index < -0.39 is 0 Å². The number of carbonyl (C=O) groups is 1. The van der Waals surface area contributed by atoms with Gasteiger partial charge in [-0.25, -0.2) is 0 Å². The minimum absolute atomic E-state index is 0.202. The molecule has 0 atom stereocenters. The molecule has 84 valence electrons. The molecule has 1 aromatic heterocycles. The van der Waals surface area contributed by atoms with Gasteiger partial charge in [-0.3, -0.25) is 9.78 Å². The van der Waals surface area contributed by atoms with E-state index in [-0.39, 0.29) is 11.7 Å². The Bertz CT molecular complexity index is 452. The summed E-state index contributed by atoms with van der Waals surface area (Å²) in [5, 5.41) is 8.99. The number of nitriles is 1. The molecule has 0 saturated carbocycles. The first-order valence-corrected chi connectivity index (χ1v) is 5.65. The monoisotopic (exact) mass is 236 g/mol. The van der Waals surface area contributed by atoms with Crippen molar-refractivity contribution >= 4 is 17.7 Å². The van der Waals surface area contributed by atoms with Crippen molar-refractivity contribution in [3.63, 3.8) is 0 Å². The Balaban J connectivity index is 2.95. The Morgan fingerprint density at radius 3 is 2.88 bits per heavy atom. The van der Waals surface area contributed by atoms with E-state index in [1.807, 2.05) is 6.92 Å². The molecule has 1 aromatic rings. The third-order valence-corrected chi connectivity index (χ3v) is 2.99. The highest BCUT2D eigenvalue weighted by molar-refractivity contribution is 8.00. The number of pyridine rings is 1. The molecular formula is C11H12N2O2S. The summed E-state index contributed by atoms with van der Waals surface area (Å²) < 4.78 is 4.55. The third kappa shape index (κ3) is 2.97. The number of hydrogen-bond donors (Lipinski definition) is 0. The van der Waals surface area contributed by atoms with Gasteiger partial charge in [-0.15, -0.1) is 11.8 Å². The molecule has 5 heteroatoms. The molecule has 4 nitrogen and oxygen atoms in total. The summed E-state index contributed by atoms with van der Waals surface area (Å²) in [7, 11) is 1.34. The van der Waals surface area contributed by atoms with E-state index in [0.717, 1.165) is 10.6 Å². The van der Waals surface area contributed by atoms with Crippen LogP contribution < -0.4 is 0 Å². The minimum Gasteiger partial charge on any atom is -0.468 e. The second-order valence-corrected chi connectivity index (χ2v) is 4.22. The van der Waals surface area contributed by atoms with Crippen molar-refractivity contribution in [2.24, 2.45) is 0 Å². The molecular weight excluding hydrogens is 224 g/mol. The summed E-state index contributed by atoms with van der Waals surface area (Å²) >= 11 is 1.30. The van der Waals surface area contributed by atoms with E-state index in [2.05, 4.69) is 15.8 Å². The van der Waals surface area contributed by atoms with Crippen LogP contribution in [0.25, 0.3) is 0 Å². The molecule has 0 amide bonds. The van der Waals surface area contributed by atoms with E-state index >= 15 is 0 Å². The summed E-state index contributed by atoms with van der Waals surface area (Å²) in [6, 6.07) is 3.90. The molecule has 0 aliphatic heterocycles. The van der Waals surface area contributed by atoms with Gasteiger partial charge >= 0.3 is 5.97 Å². The molecule has 0 N–H and O–H groups in total. The first-order valence-electron chi connectivity index (χ1n) is 4.66. The van der Waals surface area contributed by atoms with Crippen LogP contribution in [-0.4, -0.2) is 23.8 Å². The fourth-order valence-corrected chi connectivity index (χ4v) is 2.22. The molecule has 1 rings (SSSR count). The molecule has 0 aliphatic carbocycles. The average molecular weight is 236 g/mol. The van der Waals surface area contributed by atoms with Gasteiger partial charge in [-0.05, 0) is 19.9 Å². The third-order valence-electron chi connectivity index (χ3n) is 1.98. The molecule has 16 heavy (non-hydrogen) atoms. The Kier molecular flexibility index (Phi) is 4.32. The standard InChI is InChI=1S/C11H12N2O2S/c1-7-4-10(16-6-11(14)15-3)9(5-12)8(2)13-7/h4H,6H2,1-3H3. The molecule has 1 heterocycles. The van der Waals surface area contributed by atoms with Gasteiger partial charge in [0.15, 0.2) is 0 Å². The number of methoxy groups -OCH3 is 1. The summed E-state index contributed by atoms with van der Waals surface area (Å²) in [4.78, 5) is 16.0. The number of nitrogens with zero attached hydrogens (tertiary/aromatic N) is 2. The number of hydrogen-bond acceptors (Lipinski definition) is 5. The zero-order valence-electron chi connectivity index (χ0n) is 9.40. The first-order chi connectivity index (χ1) is 7.58. The highest BCUT2D eigenvalue weighted by Gasteiger charge is 2.10. The lowest BCUT2D eigenvalue weighted by Crippen LogP contribution is -2.04. The maximum atomic E-state index is 11.0. The van der Waals surface area contributed by atoms with Crippen LogP contribution in [0.3, 0.4) is 0 Å². The molecule has 0 aliphatic rings. The summed E-state index contributed by atoms with van der Waals surface area (Å²) in [6.07, 6.45) is 0. The van der Waals surface area contributed by atoms with Crippen molar-refractivity contribution in [1.82, 2.24) is 4.98 Å².